The van der Waals surface area contributed by atoms with E-state index < -0.39 is 10.0 Å². The molecule has 0 aromatic carbocycles. The fraction of sp³-hybridized carbons (Fsp3) is 0.800. The number of aromatic nitrogens is 3. The van der Waals surface area contributed by atoms with E-state index in [4.69, 9.17) is 9.88 Å². The minimum absolute atomic E-state index is 0.157. The molecule has 0 aliphatic heterocycles. The number of aryl methyl sites for hydroxylation is 1. The van der Waals surface area contributed by atoms with Gasteiger partial charge in [-0.3, -0.25) is 0 Å². The number of sulfonamides is 1. The molecule has 0 atom stereocenters. The lowest BCUT2D eigenvalue weighted by Gasteiger charge is -2.07. The monoisotopic (exact) mass is 276 g/mol. The van der Waals surface area contributed by atoms with Crippen LogP contribution in [0.15, 0.2) is 5.16 Å². The van der Waals surface area contributed by atoms with E-state index in [2.05, 4.69) is 10.2 Å². The summed E-state index contributed by atoms with van der Waals surface area (Å²) in [5.41, 5.74) is 0. The second kappa shape index (κ2) is 6.81. The Morgan fingerprint density at radius 3 is 2.61 bits per heavy atom. The first-order valence-corrected chi connectivity index (χ1v) is 7.58. The maximum absolute atomic E-state index is 11.3. The van der Waals surface area contributed by atoms with Gasteiger partial charge in [0.15, 0.2) is 0 Å². The summed E-state index contributed by atoms with van der Waals surface area (Å²) < 4.78 is 29.5. The molecule has 104 valence electrons. The summed E-state index contributed by atoms with van der Waals surface area (Å²) >= 11 is 0. The van der Waals surface area contributed by atoms with Crippen LogP contribution in [-0.2, 0) is 27.7 Å². The fourth-order valence-corrected chi connectivity index (χ4v) is 2.30. The highest BCUT2D eigenvalue weighted by Gasteiger charge is 2.20. The van der Waals surface area contributed by atoms with Crippen LogP contribution in [0.1, 0.15) is 32.5 Å². The van der Waals surface area contributed by atoms with Gasteiger partial charge in [-0.15, -0.1) is 10.2 Å². The molecule has 0 amide bonds. The van der Waals surface area contributed by atoms with Gasteiger partial charge in [0.25, 0.3) is 15.2 Å². The van der Waals surface area contributed by atoms with Crippen LogP contribution in [0.3, 0.4) is 0 Å². The first kappa shape index (κ1) is 15.1. The van der Waals surface area contributed by atoms with Gasteiger partial charge < -0.3 is 9.30 Å². The van der Waals surface area contributed by atoms with Gasteiger partial charge in [0.05, 0.1) is 0 Å². The number of ether oxygens (including phenoxy) is 1. The van der Waals surface area contributed by atoms with E-state index >= 15 is 0 Å². The van der Waals surface area contributed by atoms with Crippen molar-refractivity contribution in [1.29, 1.82) is 0 Å². The van der Waals surface area contributed by atoms with Gasteiger partial charge in [0.1, 0.15) is 5.82 Å². The lowest BCUT2D eigenvalue weighted by Crippen LogP contribution is -2.19. The smallest absolute Gasteiger partial charge is 0.273 e. The van der Waals surface area contributed by atoms with Crippen LogP contribution in [0.25, 0.3) is 0 Å². The minimum Gasteiger partial charge on any atom is -0.382 e. The van der Waals surface area contributed by atoms with Gasteiger partial charge in [-0.2, -0.15) is 0 Å². The van der Waals surface area contributed by atoms with Crippen LogP contribution in [0.2, 0.25) is 0 Å². The minimum atomic E-state index is -3.81. The topological polar surface area (TPSA) is 100 Å². The molecule has 1 aromatic heterocycles. The van der Waals surface area contributed by atoms with E-state index in [-0.39, 0.29) is 5.16 Å². The molecule has 0 radical (unpaired) electrons. The third kappa shape index (κ3) is 4.04. The average Bonchev–Trinajstić information content (AvgIpc) is 2.68. The van der Waals surface area contributed by atoms with Crippen molar-refractivity contribution >= 4 is 10.0 Å². The molecule has 7 nitrogen and oxygen atoms in total. The van der Waals surface area contributed by atoms with E-state index in [0.29, 0.717) is 32.0 Å². The van der Waals surface area contributed by atoms with Gasteiger partial charge in [-0.25, -0.2) is 13.6 Å². The summed E-state index contributed by atoms with van der Waals surface area (Å²) in [6.45, 7) is 5.72. The summed E-state index contributed by atoms with van der Waals surface area (Å²) in [5, 5.41) is 12.5. The number of rotatable bonds is 8. The van der Waals surface area contributed by atoms with E-state index in [0.717, 1.165) is 12.8 Å². The van der Waals surface area contributed by atoms with E-state index in [1.165, 1.54) is 0 Å². The van der Waals surface area contributed by atoms with Crippen LogP contribution in [-0.4, -0.2) is 36.4 Å². The van der Waals surface area contributed by atoms with Crippen molar-refractivity contribution in [2.75, 3.05) is 13.2 Å². The zero-order chi connectivity index (χ0) is 13.6. The Balaban J connectivity index is 2.82. The molecule has 0 saturated heterocycles. The second-order valence-electron chi connectivity index (χ2n) is 3.90. The Morgan fingerprint density at radius 1 is 1.33 bits per heavy atom. The molecular formula is C10H20N4O3S. The standard InChI is InChI=1S/C10H20N4O3S/c1-3-7-14-9(6-5-8-17-4-2)12-13-10(14)18(11,15)16/h3-8H2,1-2H3,(H2,11,15,16). The van der Waals surface area contributed by atoms with Crippen LogP contribution in [0.4, 0.5) is 0 Å². The summed E-state index contributed by atoms with van der Waals surface area (Å²) in [4.78, 5) is 0. The van der Waals surface area contributed by atoms with E-state index in [1.54, 1.807) is 4.57 Å². The number of hydrogen-bond acceptors (Lipinski definition) is 5. The Kier molecular flexibility index (Phi) is 5.70. The van der Waals surface area contributed by atoms with Crippen molar-refractivity contribution < 1.29 is 13.2 Å². The van der Waals surface area contributed by atoms with Crippen molar-refractivity contribution in [2.24, 2.45) is 5.14 Å². The number of primary sulfonamides is 1. The highest BCUT2D eigenvalue weighted by Crippen LogP contribution is 2.10. The maximum Gasteiger partial charge on any atom is 0.273 e. The van der Waals surface area contributed by atoms with Crippen LogP contribution < -0.4 is 5.14 Å². The molecule has 2 N–H and O–H groups in total. The van der Waals surface area contributed by atoms with E-state index in [1.807, 2.05) is 13.8 Å². The zero-order valence-electron chi connectivity index (χ0n) is 10.8. The van der Waals surface area contributed by atoms with Crippen molar-refractivity contribution in [3.8, 4) is 0 Å². The molecule has 0 aliphatic carbocycles. The van der Waals surface area contributed by atoms with Crippen molar-refractivity contribution in [2.45, 2.75) is 44.8 Å². The molecule has 8 heteroatoms. The molecule has 0 fully saturated rings. The zero-order valence-corrected chi connectivity index (χ0v) is 11.6. The first-order chi connectivity index (χ1) is 8.50. The van der Waals surface area contributed by atoms with Gasteiger partial charge in [-0.05, 0) is 19.8 Å². The number of hydrogen-bond donors (Lipinski definition) is 1. The van der Waals surface area contributed by atoms with Gasteiger partial charge in [-0.1, -0.05) is 6.92 Å². The van der Waals surface area contributed by atoms with E-state index in [9.17, 15) is 8.42 Å². The van der Waals surface area contributed by atoms with Crippen LogP contribution in [0, 0.1) is 0 Å². The highest BCUT2D eigenvalue weighted by molar-refractivity contribution is 7.89. The van der Waals surface area contributed by atoms with Gasteiger partial charge >= 0.3 is 0 Å². The SMILES string of the molecule is CCCn1c(CCCOCC)nnc1S(N)(=O)=O. The Bertz CT molecular complexity index is 469. The Hall–Kier alpha value is -0.990. The summed E-state index contributed by atoms with van der Waals surface area (Å²) in [6.07, 6.45) is 2.20. The molecule has 1 aromatic rings. The third-order valence-electron chi connectivity index (χ3n) is 2.39. The normalized spacial score (nSPS) is 11.9. The van der Waals surface area contributed by atoms with Gasteiger partial charge in [0, 0.05) is 26.2 Å². The summed E-state index contributed by atoms with van der Waals surface area (Å²) in [7, 11) is -3.81. The average molecular weight is 276 g/mol. The molecule has 0 unspecified atom stereocenters. The van der Waals surface area contributed by atoms with Crippen molar-refractivity contribution in [3.63, 3.8) is 0 Å². The second-order valence-corrected chi connectivity index (χ2v) is 5.35. The molecule has 1 heterocycles. The van der Waals surface area contributed by atoms with Crippen molar-refractivity contribution in [3.05, 3.63) is 5.82 Å². The molecule has 18 heavy (non-hydrogen) atoms. The molecule has 0 bridgehead atoms. The number of nitrogens with two attached hydrogens (primary N) is 1. The number of nitrogens with zero attached hydrogens (tertiary/aromatic N) is 3. The Morgan fingerprint density at radius 2 is 2.06 bits per heavy atom. The quantitative estimate of drug-likeness (QED) is 0.688. The lowest BCUT2D eigenvalue weighted by atomic mass is 10.3. The summed E-state index contributed by atoms with van der Waals surface area (Å²) in [5.74, 6) is 0.639. The molecule has 1 rings (SSSR count). The predicted octanol–water partition coefficient (Wildman–Crippen LogP) is 0.305. The predicted molar refractivity (Wildman–Crippen MR) is 66.5 cm³/mol. The van der Waals surface area contributed by atoms with Crippen molar-refractivity contribution in [1.82, 2.24) is 14.8 Å². The van der Waals surface area contributed by atoms with Crippen LogP contribution in [0.5, 0.6) is 0 Å². The first-order valence-electron chi connectivity index (χ1n) is 6.03. The van der Waals surface area contributed by atoms with Crippen LogP contribution >= 0.6 is 0 Å². The molecule has 0 spiro atoms. The highest BCUT2D eigenvalue weighted by atomic mass is 32.2. The lowest BCUT2D eigenvalue weighted by molar-refractivity contribution is 0.144. The molecule has 0 saturated carbocycles. The fourth-order valence-electron chi connectivity index (χ4n) is 1.64. The summed E-state index contributed by atoms with van der Waals surface area (Å²) in [6, 6.07) is 0. The van der Waals surface area contributed by atoms with Gasteiger partial charge in [0.2, 0.25) is 0 Å². The largest absolute Gasteiger partial charge is 0.382 e. The Labute approximate surface area is 107 Å². The maximum atomic E-state index is 11.3. The molecule has 0 aliphatic rings. The molecular weight excluding hydrogens is 256 g/mol. The third-order valence-corrected chi connectivity index (χ3v) is 3.20.